The van der Waals surface area contributed by atoms with E-state index in [-0.39, 0.29) is 12.5 Å². The van der Waals surface area contributed by atoms with Gasteiger partial charge in [-0.05, 0) is 31.5 Å². The lowest BCUT2D eigenvalue weighted by molar-refractivity contribution is -0.135. The maximum absolute atomic E-state index is 11.9. The van der Waals surface area contributed by atoms with E-state index in [4.69, 9.17) is 14.6 Å². The first-order valence-corrected chi connectivity index (χ1v) is 7.44. The predicted octanol–water partition coefficient (Wildman–Crippen LogP) is 1.02. The lowest BCUT2D eigenvalue weighted by Crippen LogP contribution is -2.35. The van der Waals surface area contributed by atoms with Crippen molar-refractivity contribution in [2.24, 2.45) is 0 Å². The molecule has 22 heavy (non-hydrogen) atoms. The van der Waals surface area contributed by atoms with Crippen LogP contribution in [0.2, 0.25) is 0 Å². The number of ether oxygens (including phenoxy) is 2. The van der Waals surface area contributed by atoms with Crippen LogP contribution in [0.5, 0.6) is 11.5 Å². The summed E-state index contributed by atoms with van der Waals surface area (Å²) in [7, 11) is 3.39. The number of nitrogens with zero attached hydrogens (tertiary/aromatic N) is 1. The molecule has 6 nitrogen and oxygen atoms in total. The van der Waals surface area contributed by atoms with Crippen molar-refractivity contribution in [3.63, 3.8) is 0 Å². The molecular weight excluding hydrogens is 284 g/mol. The summed E-state index contributed by atoms with van der Waals surface area (Å²) in [5, 5.41) is 11.9. The Morgan fingerprint density at radius 3 is 2.68 bits per heavy atom. The molecular formula is C16H26N2O4. The highest BCUT2D eigenvalue weighted by atomic mass is 16.5. The van der Waals surface area contributed by atoms with Gasteiger partial charge in [0.1, 0.15) is 0 Å². The van der Waals surface area contributed by atoms with Gasteiger partial charge in [0.25, 0.3) is 5.91 Å². The van der Waals surface area contributed by atoms with Crippen LogP contribution in [0.25, 0.3) is 0 Å². The molecule has 0 aliphatic rings. The first-order chi connectivity index (χ1) is 10.5. The number of likely N-dealkylation sites (N-methyl/N-ethyl adjacent to an activating group) is 1. The van der Waals surface area contributed by atoms with Crippen molar-refractivity contribution in [3.8, 4) is 11.5 Å². The van der Waals surface area contributed by atoms with Crippen LogP contribution >= 0.6 is 0 Å². The van der Waals surface area contributed by atoms with Gasteiger partial charge in [-0.15, -0.1) is 0 Å². The van der Waals surface area contributed by atoms with Crippen LogP contribution in [-0.2, 0) is 11.3 Å². The molecule has 0 aliphatic carbocycles. The minimum Gasteiger partial charge on any atom is -0.490 e. The van der Waals surface area contributed by atoms with Crippen LogP contribution in [0, 0.1) is 0 Å². The Morgan fingerprint density at radius 2 is 2.09 bits per heavy atom. The lowest BCUT2D eigenvalue weighted by atomic mass is 10.2. The zero-order chi connectivity index (χ0) is 16.5. The fraction of sp³-hybridized carbons (Fsp3) is 0.562. The third kappa shape index (κ3) is 5.54. The zero-order valence-corrected chi connectivity index (χ0v) is 13.8. The topological polar surface area (TPSA) is 71.0 Å². The van der Waals surface area contributed by atoms with Crippen LogP contribution in [0.15, 0.2) is 18.2 Å². The van der Waals surface area contributed by atoms with Crippen LogP contribution < -0.4 is 14.8 Å². The summed E-state index contributed by atoms with van der Waals surface area (Å²) in [5.74, 6) is 1.07. The Morgan fingerprint density at radius 1 is 1.36 bits per heavy atom. The normalized spacial score (nSPS) is 11.9. The number of carbonyl (C=O) groups is 1. The van der Waals surface area contributed by atoms with Gasteiger partial charge in [-0.25, -0.2) is 0 Å². The van der Waals surface area contributed by atoms with E-state index in [2.05, 4.69) is 5.32 Å². The number of carbonyl (C=O) groups excluding carboxylic acids is 1. The number of aliphatic hydroxyl groups is 1. The second-order valence-electron chi connectivity index (χ2n) is 5.11. The number of benzene rings is 1. The van der Waals surface area contributed by atoms with Crippen molar-refractivity contribution in [1.82, 2.24) is 10.2 Å². The average Bonchev–Trinajstić information content (AvgIpc) is 2.49. The first-order valence-electron chi connectivity index (χ1n) is 7.44. The van der Waals surface area contributed by atoms with Gasteiger partial charge in [0.05, 0.1) is 13.2 Å². The maximum atomic E-state index is 11.9. The molecule has 1 rings (SSSR count). The van der Waals surface area contributed by atoms with Gasteiger partial charge < -0.3 is 24.8 Å². The molecule has 1 atom stereocenters. The molecule has 2 N–H and O–H groups in total. The Bertz CT molecular complexity index is 477. The van der Waals surface area contributed by atoms with Gasteiger partial charge in [0.15, 0.2) is 17.6 Å². The Balaban J connectivity index is 2.82. The van der Waals surface area contributed by atoms with Gasteiger partial charge in [0, 0.05) is 27.2 Å². The number of rotatable bonds is 9. The number of hydrogen-bond acceptors (Lipinski definition) is 5. The number of amides is 1. The predicted molar refractivity (Wildman–Crippen MR) is 85.2 cm³/mol. The Kier molecular flexibility index (Phi) is 7.70. The smallest absolute Gasteiger partial charge is 0.262 e. The van der Waals surface area contributed by atoms with E-state index < -0.39 is 6.10 Å². The summed E-state index contributed by atoms with van der Waals surface area (Å²) >= 11 is 0. The second kappa shape index (κ2) is 9.27. The van der Waals surface area contributed by atoms with Crippen LogP contribution in [0.4, 0.5) is 0 Å². The summed E-state index contributed by atoms with van der Waals surface area (Å²) in [6, 6.07) is 5.60. The lowest BCUT2D eigenvalue weighted by Gasteiger charge is -2.20. The fourth-order valence-corrected chi connectivity index (χ4v) is 1.94. The average molecular weight is 310 g/mol. The largest absolute Gasteiger partial charge is 0.490 e. The quantitative estimate of drug-likeness (QED) is 0.667. The van der Waals surface area contributed by atoms with E-state index in [1.807, 2.05) is 19.1 Å². The van der Waals surface area contributed by atoms with Gasteiger partial charge >= 0.3 is 0 Å². The summed E-state index contributed by atoms with van der Waals surface area (Å²) < 4.78 is 11.3. The van der Waals surface area contributed by atoms with E-state index in [9.17, 15) is 4.79 Å². The molecule has 124 valence electrons. The van der Waals surface area contributed by atoms with E-state index in [0.29, 0.717) is 31.2 Å². The standard InChI is InChI=1S/C16H26N2O4/c1-5-21-15-10-13(11-17-8-9-19)6-7-14(15)22-12(2)16(20)18(3)4/h6-7,10,12,17,19H,5,8-9,11H2,1-4H3. The first kappa shape index (κ1) is 18.3. The summed E-state index contributed by atoms with van der Waals surface area (Å²) in [6.45, 7) is 5.40. The highest BCUT2D eigenvalue weighted by molar-refractivity contribution is 5.80. The molecule has 0 aromatic heterocycles. The molecule has 0 radical (unpaired) electrons. The van der Waals surface area contributed by atoms with Gasteiger partial charge in [-0.3, -0.25) is 4.79 Å². The van der Waals surface area contributed by atoms with E-state index in [1.165, 1.54) is 4.90 Å². The molecule has 0 bridgehead atoms. The van der Waals surface area contributed by atoms with E-state index in [0.717, 1.165) is 5.56 Å². The molecule has 1 aromatic carbocycles. The van der Waals surface area contributed by atoms with Crippen LogP contribution in [0.3, 0.4) is 0 Å². The maximum Gasteiger partial charge on any atom is 0.262 e. The van der Waals surface area contributed by atoms with Crippen LogP contribution in [-0.4, -0.2) is 55.9 Å². The van der Waals surface area contributed by atoms with Crippen molar-refractivity contribution < 1.29 is 19.4 Å². The SMILES string of the molecule is CCOc1cc(CNCCO)ccc1OC(C)C(=O)N(C)C. The third-order valence-electron chi connectivity index (χ3n) is 3.02. The Hall–Kier alpha value is -1.79. The van der Waals surface area contributed by atoms with Crippen molar-refractivity contribution in [3.05, 3.63) is 23.8 Å². The van der Waals surface area contributed by atoms with Crippen molar-refractivity contribution in [2.45, 2.75) is 26.5 Å². The van der Waals surface area contributed by atoms with Crippen molar-refractivity contribution in [2.75, 3.05) is 33.9 Å². The molecule has 0 heterocycles. The molecule has 0 fully saturated rings. The number of aliphatic hydroxyl groups excluding tert-OH is 1. The molecule has 0 aliphatic heterocycles. The van der Waals surface area contributed by atoms with Gasteiger partial charge in [0.2, 0.25) is 0 Å². The molecule has 0 saturated carbocycles. The fourth-order valence-electron chi connectivity index (χ4n) is 1.94. The summed E-state index contributed by atoms with van der Waals surface area (Å²) in [5.41, 5.74) is 1.02. The molecule has 1 unspecified atom stereocenters. The molecule has 0 saturated heterocycles. The number of hydrogen-bond donors (Lipinski definition) is 2. The monoisotopic (exact) mass is 310 g/mol. The minimum absolute atomic E-state index is 0.101. The van der Waals surface area contributed by atoms with Gasteiger partial charge in [-0.2, -0.15) is 0 Å². The van der Waals surface area contributed by atoms with E-state index >= 15 is 0 Å². The summed E-state index contributed by atoms with van der Waals surface area (Å²) in [4.78, 5) is 13.4. The van der Waals surface area contributed by atoms with Crippen molar-refractivity contribution >= 4 is 5.91 Å². The third-order valence-corrected chi connectivity index (χ3v) is 3.02. The summed E-state index contributed by atoms with van der Waals surface area (Å²) in [6.07, 6.45) is -0.576. The molecule has 6 heteroatoms. The second-order valence-corrected chi connectivity index (χ2v) is 5.11. The minimum atomic E-state index is -0.576. The van der Waals surface area contributed by atoms with Gasteiger partial charge in [-0.1, -0.05) is 6.07 Å². The Labute approximate surface area is 132 Å². The molecule has 0 spiro atoms. The highest BCUT2D eigenvalue weighted by Gasteiger charge is 2.18. The molecule has 1 aromatic rings. The zero-order valence-electron chi connectivity index (χ0n) is 13.8. The molecule has 1 amide bonds. The van der Waals surface area contributed by atoms with Crippen molar-refractivity contribution in [1.29, 1.82) is 0 Å². The van der Waals surface area contributed by atoms with E-state index in [1.54, 1.807) is 27.1 Å². The van der Waals surface area contributed by atoms with Crippen LogP contribution in [0.1, 0.15) is 19.4 Å². The highest BCUT2D eigenvalue weighted by Crippen LogP contribution is 2.29. The number of nitrogens with one attached hydrogen (secondary N) is 1.